The molecule has 5 rings (SSSR count). The van der Waals surface area contributed by atoms with Crippen molar-refractivity contribution in [2.75, 3.05) is 38.0 Å². The molecule has 10 heteroatoms. The second-order valence-electron chi connectivity index (χ2n) is 9.56. The number of carbonyl (C=O) groups is 3. The molecule has 2 aliphatic heterocycles. The van der Waals surface area contributed by atoms with Crippen LogP contribution in [-0.2, 0) is 19.8 Å². The Kier molecular flexibility index (Phi) is 6.17. The standard InChI is InChI=1S/C28H28N6O4/c1-32(2)34-22-9-6-10-23(35)25(22)28(20(15-29)26(34)30)19-7-4-5-8-21(19)33(27(28)37)16-24(36)31-17-11-13-18(38-3)14-12-17/h4-5,7-8,11-14H,6,9-10,16,30H2,1-3H3,(H,31,36). The van der Waals surface area contributed by atoms with Crippen LogP contribution in [0.25, 0.3) is 0 Å². The number of hydrogen-bond acceptors (Lipinski definition) is 8. The summed E-state index contributed by atoms with van der Waals surface area (Å²) in [5.74, 6) is -0.429. The Morgan fingerprint density at radius 2 is 1.87 bits per heavy atom. The third-order valence-electron chi connectivity index (χ3n) is 7.23. The number of nitrogens with one attached hydrogen (secondary N) is 1. The summed E-state index contributed by atoms with van der Waals surface area (Å²) >= 11 is 0. The molecular weight excluding hydrogens is 484 g/mol. The van der Waals surface area contributed by atoms with Gasteiger partial charge in [0.1, 0.15) is 29.6 Å². The Balaban J connectivity index is 1.63. The van der Waals surface area contributed by atoms with Crippen molar-refractivity contribution >= 4 is 29.0 Å². The smallest absolute Gasteiger partial charge is 0.248 e. The average Bonchev–Trinajstić information content (AvgIpc) is 3.13. The van der Waals surface area contributed by atoms with Gasteiger partial charge in [0.2, 0.25) is 11.8 Å². The van der Waals surface area contributed by atoms with Gasteiger partial charge in [-0.1, -0.05) is 18.2 Å². The SMILES string of the molecule is COc1ccc(NC(=O)CN2C(=O)C3(C(C#N)=C(N)N(N(C)C)C4=C3C(=O)CCC4)c3ccccc32)cc1. The molecule has 3 N–H and O–H groups in total. The number of methoxy groups -OCH3 is 1. The Bertz CT molecular complexity index is 1450. The first-order valence-corrected chi connectivity index (χ1v) is 12.3. The number of hydrazine groups is 1. The molecule has 2 amide bonds. The van der Waals surface area contributed by atoms with Gasteiger partial charge in [-0.05, 0) is 43.2 Å². The molecular formula is C28H28N6O4. The quantitative estimate of drug-likeness (QED) is 0.624. The number of Topliss-reactive ketones (excluding diaryl/α,β-unsaturated/α-hetero) is 1. The zero-order valence-corrected chi connectivity index (χ0v) is 21.4. The number of rotatable bonds is 5. The lowest BCUT2D eigenvalue weighted by Gasteiger charge is -2.45. The number of benzene rings is 2. The van der Waals surface area contributed by atoms with E-state index in [1.54, 1.807) is 79.8 Å². The van der Waals surface area contributed by atoms with E-state index in [2.05, 4.69) is 11.4 Å². The predicted octanol–water partition coefficient (Wildman–Crippen LogP) is 2.41. The van der Waals surface area contributed by atoms with Gasteiger partial charge >= 0.3 is 0 Å². The van der Waals surface area contributed by atoms with Gasteiger partial charge in [0.15, 0.2) is 5.78 Å². The average molecular weight is 513 g/mol. The van der Waals surface area contributed by atoms with E-state index < -0.39 is 17.2 Å². The van der Waals surface area contributed by atoms with E-state index in [-0.39, 0.29) is 35.7 Å². The van der Waals surface area contributed by atoms with Gasteiger partial charge in [0.05, 0.1) is 12.7 Å². The van der Waals surface area contributed by atoms with Gasteiger partial charge < -0.3 is 20.7 Å². The summed E-state index contributed by atoms with van der Waals surface area (Å²) in [7, 11) is 5.09. The van der Waals surface area contributed by atoms with Crippen molar-refractivity contribution in [2.24, 2.45) is 5.73 Å². The number of ether oxygens (including phenoxy) is 1. The lowest BCUT2D eigenvalue weighted by Crippen LogP contribution is -2.55. The first-order chi connectivity index (χ1) is 18.2. The molecule has 3 aliphatic rings. The molecule has 1 atom stereocenters. The van der Waals surface area contributed by atoms with Crippen molar-refractivity contribution in [1.29, 1.82) is 5.26 Å². The van der Waals surface area contributed by atoms with Crippen LogP contribution < -0.4 is 20.7 Å². The zero-order chi connectivity index (χ0) is 27.2. The Hall–Kier alpha value is -4.62. The van der Waals surface area contributed by atoms with Crippen LogP contribution in [0.1, 0.15) is 24.8 Å². The summed E-state index contributed by atoms with van der Waals surface area (Å²) in [6.07, 6.45) is 1.39. The first-order valence-electron chi connectivity index (χ1n) is 12.3. The highest BCUT2D eigenvalue weighted by Crippen LogP contribution is 2.56. The summed E-state index contributed by atoms with van der Waals surface area (Å²) < 4.78 is 5.16. The maximum absolute atomic E-state index is 14.5. The number of nitrogens with zero attached hydrogens (tertiary/aromatic N) is 4. The number of anilines is 2. The summed E-state index contributed by atoms with van der Waals surface area (Å²) in [5.41, 5.74) is 7.19. The van der Waals surface area contributed by atoms with Crippen molar-refractivity contribution in [3.8, 4) is 11.8 Å². The molecule has 0 radical (unpaired) electrons. The predicted molar refractivity (Wildman–Crippen MR) is 140 cm³/mol. The lowest BCUT2D eigenvalue weighted by molar-refractivity contribution is -0.125. The summed E-state index contributed by atoms with van der Waals surface area (Å²) in [6, 6.07) is 16.0. The van der Waals surface area contributed by atoms with E-state index in [4.69, 9.17) is 10.5 Å². The number of nitriles is 1. The summed E-state index contributed by atoms with van der Waals surface area (Å²) in [4.78, 5) is 42.5. The molecule has 0 saturated heterocycles. The fraction of sp³-hybridized carbons (Fsp3) is 0.286. The van der Waals surface area contributed by atoms with Crippen LogP contribution in [0.5, 0.6) is 5.75 Å². The molecule has 0 saturated carbocycles. The van der Waals surface area contributed by atoms with E-state index in [1.807, 2.05) is 0 Å². The fourth-order valence-corrected chi connectivity index (χ4v) is 5.74. The van der Waals surface area contributed by atoms with Gasteiger partial charge in [0, 0.05) is 48.7 Å². The topological polar surface area (TPSA) is 132 Å². The monoisotopic (exact) mass is 512 g/mol. The summed E-state index contributed by atoms with van der Waals surface area (Å²) in [5, 5.41) is 16.5. The molecule has 0 aromatic heterocycles. The second-order valence-corrected chi connectivity index (χ2v) is 9.56. The normalized spacial score (nSPS) is 20.6. The lowest BCUT2D eigenvalue weighted by atomic mass is 9.64. The van der Waals surface area contributed by atoms with Crippen LogP contribution in [0.4, 0.5) is 11.4 Å². The Morgan fingerprint density at radius 3 is 2.53 bits per heavy atom. The number of fused-ring (bicyclic) bond motifs is 3. The van der Waals surface area contributed by atoms with Crippen molar-refractivity contribution in [3.05, 3.63) is 76.8 Å². The third kappa shape index (κ3) is 3.55. The van der Waals surface area contributed by atoms with Crippen molar-refractivity contribution in [3.63, 3.8) is 0 Å². The van der Waals surface area contributed by atoms with Crippen LogP contribution >= 0.6 is 0 Å². The maximum Gasteiger partial charge on any atom is 0.248 e. The highest BCUT2D eigenvalue weighted by atomic mass is 16.5. The Morgan fingerprint density at radius 1 is 1.16 bits per heavy atom. The van der Waals surface area contributed by atoms with E-state index in [1.165, 1.54) is 4.90 Å². The highest BCUT2D eigenvalue weighted by molar-refractivity contribution is 6.21. The van der Waals surface area contributed by atoms with Gasteiger partial charge in [-0.15, -0.1) is 0 Å². The Labute approximate surface area is 220 Å². The van der Waals surface area contributed by atoms with Gasteiger partial charge in [0.25, 0.3) is 0 Å². The first kappa shape index (κ1) is 25.0. The minimum Gasteiger partial charge on any atom is -0.497 e. The second kappa shape index (κ2) is 9.36. The molecule has 1 unspecified atom stereocenters. The van der Waals surface area contributed by atoms with Crippen molar-refractivity contribution < 1.29 is 19.1 Å². The minimum atomic E-state index is -1.71. The minimum absolute atomic E-state index is 0.0179. The number of para-hydroxylation sites is 1. The molecule has 10 nitrogen and oxygen atoms in total. The largest absolute Gasteiger partial charge is 0.497 e. The zero-order valence-electron chi connectivity index (χ0n) is 21.4. The van der Waals surface area contributed by atoms with E-state index in [0.717, 1.165) is 0 Å². The van der Waals surface area contributed by atoms with Crippen LogP contribution in [0.15, 0.2) is 71.2 Å². The van der Waals surface area contributed by atoms with E-state index in [9.17, 15) is 19.6 Å². The fourth-order valence-electron chi connectivity index (χ4n) is 5.74. The molecule has 0 bridgehead atoms. The molecule has 0 fully saturated rings. The van der Waals surface area contributed by atoms with Gasteiger partial charge in [-0.3, -0.25) is 19.4 Å². The molecule has 2 aromatic carbocycles. The maximum atomic E-state index is 14.5. The molecule has 1 aliphatic carbocycles. The molecule has 194 valence electrons. The number of hydrogen-bond donors (Lipinski definition) is 2. The molecule has 1 spiro atoms. The van der Waals surface area contributed by atoms with E-state index in [0.29, 0.717) is 41.2 Å². The van der Waals surface area contributed by atoms with Gasteiger partial charge in [-0.25, -0.2) is 5.01 Å². The number of carbonyl (C=O) groups excluding carboxylic acids is 3. The summed E-state index contributed by atoms with van der Waals surface area (Å²) in [6.45, 7) is -0.309. The number of allylic oxidation sites excluding steroid dienone is 1. The number of ketones is 1. The highest BCUT2D eigenvalue weighted by Gasteiger charge is 2.62. The van der Waals surface area contributed by atoms with Crippen molar-refractivity contribution in [2.45, 2.75) is 24.7 Å². The van der Waals surface area contributed by atoms with Crippen LogP contribution in [0, 0.1) is 11.3 Å². The van der Waals surface area contributed by atoms with Crippen LogP contribution in [0.2, 0.25) is 0 Å². The van der Waals surface area contributed by atoms with Crippen LogP contribution in [0.3, 0.4) is 0 Å². The third-order valence-corrected chi connectivity index (χ3v) is 7.23. The number of amides is 2. The van der Waals surface area contributed by atoms with Gasteiger partial charge in [-0.2, -0.15) is 5.26 Å². The molecule has 38 heavy (non-hydrogen) atoms. The number of nitrogens with two attached hydrogens (primary N) is 1. The molecule has 2 heterocycles. The van der Waals surface area contributed by atoms with Crippen molar-refractivity contribution in [1.82, 2.24) is 10.0 Å². The molecule has 2 aromatic rings. The van der Waals surface area contributed by atoms with E-state index >= 15 is 0 Å². The van der Waals surface area contributed by atoms with Crippen LogP contribution in [-0.4, -0.2) is 55.4 Å².